The summed E-state index contributed by atoms with van der Waals surface area (Å²) in [6.07, 6.45) is -0.116. The number of rotatable bonds is 0. The molecule has 5 heteroatoms. The van der Waals surface area contributed by atoms with Crippen molar-refractivity contribution in [2.75, 3.05) is 0 Å². The molecular weight excluding hydrogens is 240 g/mol. The summed E-state index contributed by atoms with van der Waals surface area (Å²) in [5.74, 6) is -0.203. The summed E-state index contributed by atoms with van der Waals surface area (Å²) in [6, 6.07) is 16.4. The van der Waals surface area contributed by atoms with Gasteiger partial charge in [-0.25, -0.2) is 9.69 Å². The molecule has 3 rings (SSSR count). The Morgan fingerprint density at radius 3 is 1.79 bits per heavy atom. The number of urea groups is 1. The van der Waals surface area contributed by atoms with Gasteiger partial charge in [-0.2, -0.15) is 0 Å². The Hall–Kier alpha value is -2.56. The lowest BCUT2D eigenvalue weighted by Gasteiger charge is -2.37. The van der Waals surface area contributed by atoms with Gasteiger partial charge in [0.05, 0.1) is 0 Å². The van der Waals surface area contributed by atoms with Crippen LogP contribution >= 0.6 is 0 Å². The maximum atomic E-state index is 10.5. The van der Waals surface area contributed by atoms with Crippen LogP contribution in [0, 0.1) is 5.41 Å². The van der Waals surface area contributed by atoms with E-state index >= 15 is 0 Å². The molecule has 0 spiro atoms. The zero-order valence-electron chi connectivity index (χ0n) is 10.6. The average molecular weight is 256 g/mol. The molecule has 1 unspecified atom stereocenters. The standard InChI is InChI=1S/C10H8.C4H8N4O/c1-2-6-10-8-4-3-7-9(10)5-1;1-2-7-4(9)8(2)3(5)6/h1-8H;2H,1H3,(H3,5,6)(H,7,9). The van der Waals surface area contributed by atoms with Crippen molar-refractivity contribution < 1.29 is 4.79 Å². The molecule has 4 N–H and O–H groups in total. The maximum absolute atomic E-state index is 10.5. The number of benzene rings is 2. The summed E-state index contributed by atoms with van der Waals surface area (Å²) >= 11 is 0. The molecule has 0 radical (unpaired) electrons. The number of hydrogen-bond donors (Lipinski definition) is 3. The van der Waals surface area contributed by atoms with Gasteiger partial charge in [0.2, 0.25) is 0 Å². The first kappa shape index (κ1) is 12.9. The van der Waals surface area contributed by atoms with E-state index in [1.165, 1.54) is 15.7 Å². The normalized spacial score (nSPS) is 17.0. The van der Waals surface area contributed by atoms with Crippen LogP contribution in [0.2, 0.25) is 0 Å². The largest absolute Gasteiger partial charge is 0.370 e. The van der Waals surface area contributed by atoms with E-state index in [2.05, 4.69) is 53.8 Å². The van der Waals surface area contributed by atoms with E-state index in [0.717, 1.165) is 0 Å². The second-order valence-electron chi connectivity index (χ2n) is 4.23. The van der Waals surface area contributed by atoms with Crippen molar-refractivity contribution in [1.29, 1.82) is 5.41 Å². The molecule has 1 aliphatic rings. The van der Waals surface area contributed by atoms with E-state index < -0.39 is 0 Å². The summed E-state index contributed by atoms with van der Waals surface area (Å²) in [4.78, 5) is 11.6. The molecule has 0 aromatic heterocycles. The fourth-order valence-corrected chi connectivity index (χ4v) is 1.87. The number of amides is 2. The molecule has 0 bridgehead atoms. The van der Waals surface area contributed by atoms with Crippen molar-refractivity contribution in [2.24, 2.45) is 5.73 Å². The van der Waals surface area contributed by atoms with Crippen molar-refractivity contribution in [3.05, 3.63) is 48.5 Å². The minimum absolute atomic E-state index is 0.116. The van der Waals surface area contributed by atoms with E-state index in [0.29, 0.717) is 0 Å². The van der Waals surface area contributed by atoms with Crippen LogP contribution in [-0.2, 0) is 0 Å². The highest BCUT2D eigenvalue weighted by Crippen LogP contribution is 2.11. The van der Waals surface area contributed by atoms with Crippen LogP contribution in [0.3, 0.4) is 0 Å². The van der Waals surface area contributed by atoms with Gasteiger partial charge in [0.15, 0.2) is 5.96 Å². The third kappa shape index (κ3) is 2.82. The third-order valence-electron chi connectivity index (χ3n) is 2.86. The molecule has 2 amide bonds. The molecule has 0 saturated carbocycles. The number of guanidine groups is 1. The number of fused-ring (bicyclic) bond motifs is 1. The van der Waals surface area contributed by atoms with Gasteiger partial charge in [0, 0.05) is 0 Å². The van der Waals surface area contributed by atoms with E-state index in [1.807, 2.05) is 0 Å². The molecule has 0 aliphatic carbocycles. The second-order valence-corrected chi connectivity index (χ2v) is 4.23. The molecule has 2 aromatic rings. The average Bonchev–Trinajstić information content (AvgIpc) is 2.38. The lowest BCUT2D eigenvalue weighted by Crippen LogP contribution is -2.67. The van der Waals surface area contributed by atoms with E-state index in [-0.39, 0.29) is 18.2 Å². The van der Waals surface area contributed by atoms with Crippen molar-refractivity contribution >= 4 is 22.8 Å². The first-order chi connectivity index (χ1) is 9.09. The smallest absolute Gasteiger partial charge is 0.327 e. The summed E-state index contributed by atoms with van der Waals surface area (Å²) in [7, 11) is 0. The molecule has 1 fully saturated rings. The lowest BCUT2D eigenvalue weighted by atomic mass is 10.1. The molecule has 1 atom stereocenters. The highest BCUT2D eigenvalue weighted by molar-refractivity contribution is 5.98. The molecular formula is C14H16N4O. The fraction of sp³-hybridized carbons (Fsp3) is 0.143. The Labute approximate surface area is 111 Å². The van der Waals surface area contributed by atoms with Crippen molar-refractivity contribution in [3.63, 3.8) is 0 Å². The van der Waals surface area contributed by atoms with E-state index in [4.69, 9.17) is 11.1 Å². The van der Waals surface area contributed by atoms with Crippen LogP contribution < -0.4 is 11.1 Å². The van der Waals surface area contributed by atoms with Crippen LogP contribution in [0.25, 0.3) is 10.8 Å². The second kappa shape index (κ2) is 5.39. The number of carbonyl (C=O) groups is 1. The molecule has 98 valence electrons. The highest BCUT2D eigenvalue weighted by atomic mass is 16.2. The van der Waals surface area contributed by atoms with Gasteiger partial charge >= 0.3 is 6.03 Å². The van der Waals surface area contributed by atoms with E-state index in [1.54, 1.807) is 6.92 Å². The first-order valence-corrected chi connectivity index (χ1v) is 5.97. The quantitative estimate of drug-likeness (QED) is 0.498. The number of nitrogens with zero attached hydrogens (tertiary/aromatic N) is 1. The van der Waals surface area contributed by atoms with Gasteiger partial charge in [-0.3, -0.25) is 5.41 Å². The van der Waals surface area contributed by atoms with Crippen LogP contribution in [0.1, 0.15) is 6.92 Å². The Kier molecular flexibility index (Phi) is 3.66. The molecule has 1 aliphatic heterocycles. The number of nitrogens with two attached hydrogens (primary N) is 1. The summed E-state index contributed by atoms with van der Waals surface area (Å²) < 4.78 is 0. The first-order valence-electron chi connectivity index (χ1n) is 5.97. The number of carbonyl (C=O) groups excluding carboxylic acids is 1. The van der Waals surface area contributed by atoms with Gasteiger partial charge in [-0.05, 0) is 17.7 Å². The van der Waals surface area contributed by atoms with Gasteiger partial charge in [0.1, 0.15) is 6.17 Å². The van der Waals surface area contributed by atoms with E-state index in [9.17, 15) is 4.79 Å². The SMILES string of the molecule is CC1NC(=O)N1C(=N)N.c1ccc2ccccc2c1. The van der Waals surface area contributed by atoms with Gasteiger partial charge < -0.3 is 11.1 Å². The molecule has 1 saturated heterocycles. The Morgan fingerprint density at radius 2 is 1.58 bits per heavy atom. The lowest BCUT2D eigenvalue weighted by molar-refractivity contribution is 0.159. The number of nitrogens with one attached hydrogen (secondary N) is 2. The topological polar surface area (TPSA) is 82.2 Å². The summed E-state index contributed by atoms with van der Waals surface area (Å²) in [5, 5.41) is 12.0. The summed E-state index contributed by atoms with van der Waals surface area (Å²) in [5.41, 5.74) is 5.03. The minimum atomic E-state index is -0.296. The van der Waals surface area contributed by atoms with Crippen molar-refractivity contribution in [2.45, 2.75) is 13.1 Å². The minimum Gasteiger partial charge on any atom is -0.370 e. The van der Waals surface area contributed by atoms with Crippen LogP contribution in [0.4, 0.5) is 4.79 Å². The van der Waals surface area contributed by atoms with Gasteiger partial charge in [-0.1, -0.05) is 48.5 Å². The predicted molar refractivity (Wildman–Crippen MR) is 75.7 cm³/mol. The molecule has 2 aromatic carbocycles. The van der Waals surface area contributed by atoms with Crippen LogP contribution in [0.15, 0.2) is 48.5 Å². The fourth-order valence-electron chi connectivity index (χ4n) is 1.87. The van der Waals surface area contributed by atoms with Crippen molar-refractivity contribution in [3.8, 4) is 0 Å². The molecule has 5 nitrogen and oxygen atoms in total. The predicted octanol–water partition coefficient (Wildman–Crippen LogP) is 2.09. The highest BCUT2D eigenvalue weighted by Gasteiger charge is 2.33. The number of hydrogen-bond acceptors (Lipinski definition) is 2. The van der Waals surface area contributed by atoms with Crippen LogP contribution in [0.5, 0.6) is 0 Å². The Morgan fingerprint density at radius 1 is 1.16 bits per heavy atom. The maximum Gasteiger partial charge on any atom is 0.327 e. The Bertz CT molecular complexity index is 538. The zero-order valence-corrected chi connectivity index (χ0v) is 10.6. The van der Waals surface area contributed by atoms with Gasteiger partial charge in [-0.15, -0.1) is 0 Å². The van der Waals surface area contributed by atoms with Crippen LogP contribution in [-0.4, -0.2) is 23.1 Å². The zero-order chi connectivity index (χ0) is 13.8. The van der Waals surface area contributed by atoms with Crippen molar-refractivity contribution in [1.82, 2.24) is 10.2 Å². The Balaban J connectivity index is 0.000000141. The van der Waals surface area contributed by atoms with Gasteiger partial charge in [0.25, 0.3) is 0 Å². The molecule has 1 heterocycles. The molecule has 19 heavy (non-hydrogen) atoms. The summed E-state index contributed by atoms with van der Waals surface area (Å²) in [6.45, 7) is 1.75. The monoisotopic (exact) mass is 256 g/mol. The third-order valence-corrected chi connectivity index (χ3v) is 2.86.